The Bertz CT molecular complexity index is 757. The van der Waals surface area contributed by atoms with Gasteiger partial charge in [-0.05, 0) is 43.7 Å². The highest BCUT2D eigenvalue weighted by Gasteiger charge is 2.26. The predicted octanol–water partition coefficient (Wildman–Crippen LogP) is 2.34. The van der Waals surface area contributed by atoms with Crippen LogP contribution in [0.4, 0.5) is 5.82 Å². The summed E-state index contributed by atoms with van der Waals surface area (Å²) in [5.74, 6) is 1.12. The minimum Gasteiger partial charge on any atom is -0.396 e. The van der Waals surface area contributed by atoms with Gasteiger partial charge in [-0.15, -0.1) is 0 Å². The van der Waals surface area contributed by atoms with E-state index in [0.29, 0.717) is 11.6 Å². The summed E-state index contributed by atoms with van der Waals surface area (Å²) in [5, 5.41) is 13.5. The number of carbonyl (C=O) groups is 1. The van der Waals surface area contributed by atoms with Crippen LogP contribution in [0.1, 0.15) is 36.0 Å². The van der Waals surface area contributed by atoms with E-state index in [0.717, 1.165) is 55.5 Å². The average Bonchev–Trinajstić information content (AvgIpc) is 3.44. The van der Waals surface area contributed by atoms with Crippen molar-refractivity contribution < 1.29 is 9.90 Å². The van der Waals surface area contributed by atoms with E-state index in [1.807, 2.05) is 30.3 Å². The number of aliphatic hydroxyl groups excluding tert-OH is 1. The molecule has 0 spiro atoms. The number of benzene rings is 1. The molecule has 0 radical (unpaired) electrons. The maximum atomic E-state index is 12.7. The third-order valence-corrected chi connectivity index (χ3v) is 4.96. The summed E-state index contributed by atoms with van der Waals surface area (Å²) in [6, 6.07) is 10.1. The van der Waals surface area contributed by atoms with Crippen molar-refractivity contribution in [2.75, 3.05) is 24.6 Å². The van der Waals surface area contributed by atoms with Crippen molar-refractivity contribution >= 4 is 22.6 Å². The number of hydrogen-bond acceptors (Lipinski definition) is 4. The number of pyridine rings is 1. The number of nitrogens with zero attached hydrogens (tertiary/aromatic N) is 2. The number of fused-ring (bicyclic) bond motifs is 1. The maximum absolute atomic E-state index is 12.7. The molecule has 2 aromatic rings. The van der Waals surface area contributed by atoms with Crippen molar-refractivity contribution in [2.24, 2.45) is 5.92 Å². The third-order valence-electron chi connectivity index (χ3n) is 4.96. The number of aromatic nitrogens is 1. The molecule has 1 saturated carbocycles. The molecule has 5 heteroatoms. The summed E-state index contributed by atoms with van der Waals surface area (Å²) >= 11 is 0. The Morgan fingerprint density at radius 3 is 2.92 bits per heavy atom. The number of nitrogens with one attached hydrogen (secondary N) is 1. The van der Waals surface area contributed by atoms with E-state index in [1.54, 1.807) is 0 Å². The molecule has 2 fully saturated rings. The Morgan fingerprint density at radius 1 is 1.29 bits per heavy atom. The van der Waals surface area contributed by atoms with Crippen LogP contribution >= 0.6 is 0 Å². The van der Waals surface area contributed by atoms with Gasteiger partial charge in [0.15, 0.2) is 0 Å². The maximum Gasteiger partial charge on any atom is 0.252 e. The normalized spacial score (nSPS) is 21.0. The van der Waals surface area contributed by atoms with Crippen molar-refractivity contribution in [3.8, 4) is 0 Å². The van der Waals surface area contributed by atoms with E-state index in [-0.39, 0.29) is 18.4 Å². The molecule has 1 aliphatic carbocycles. The van der Waals surface area contributed by atoms with E-state index in [1.165, 1.54) is 0 Å². The number of amides is 1. The zero-order chi connectivity index (χ0) is 16.5. The smallest absolute Gasteiger partial charge is 0.252 e. The Morgan fingerprint density at radius 2 is 2.12 bits per heavy atom. The first-order valence-electron chi connectivity index (χ1n) is 8.81. The number of piperidine rings is 1. The summed E-state index contributed by atoms with van der Waals surface area (Å²) in [7, 11) is 0. The molecule has 4 rings (SSSR count). The van der Waals surface area contributed by atoms with E-state index in [2.05, 4.69) is 10.2 Å². The van der Waals surface area contributed by atoms with Crippen LogP contribution in [0.15, 0.2) is 30.3 Å². The van der Waals surface area contributed by atoms with E-state index in [9.17, 15) is 9.90 Å². The van der Waals surface area contributed by atoms with Crippen molar-refractivity contribution in [1.82, 2.24) is 10.3 Å². The molecule has 1 amide bonds. The van der Waals surface area contributed by atoms with Gasteiger partial charge in [0, 0.05) is 31.1 Å². The van der Waals surface area contributed by atoms with Crippen LogP contribution in [-0.2, 0) is 0 Å². The minimum absolute atomic E-state index is 0.00642. The number of para-hydroxylation sites is 1. The number of carbonyl (C=O) groups excluding carboxylic acids is 1. The van der Waals surface area contributed by atoms with Gasteiger partial charge in [0.05, 0.1) is 11.1 Å². The standard InChI is InChI=1S/C19H23N3O2/c23-12-13-4-3-9-22(11-13)18-10-16(19(24)20-14-7-8-14)15-5-1-2-6-17(15)21-18/h1-2,5-6,10,13-14,23H,3-4,7-9,11-12H2,(H,20,24). The van der Waals surface area contributed by atoms with Gasteiger partial charge in [0.1, 0.15) is 5.82 Å². The number of aliphatic hydroxyl groups is 1. The molecule has 5 nitrogen and oxygen atoms in total. The molecular formula is C19H23N3O2. The van der Waals surface area contributed by atoms with Gasteiger partial charge in [-0.2, -0.15) is 0 Å². The highest BCUT2D eigenvalue weighted by atomic mass is 16.3. The summed E-state index contributed by atoms with van der Waals surface area (Å²) in [6.45, 7) is 1.93. The Labute approximate surface area is 141 Å². The Hall–Kier alpha value is -2.14. The molecule has 1 aromatic carbocycles. The first-order valence-corrected chi connectivity index (χ1v) is 8.81. The second-order valence-corrected chi connectivity index (χ2v) is 6.93. The summed E-state index contributed by atoms with van der Waals surface area (Å²) < 4.78 is 0. The Balaban J connectivity index is 1.71. The van der Waals surface area contributed by atoms with Gasteiger partial charge in [0.2, 0.25) is 0 Å². The van der Waals surface area contributed by atoms with Crippen LogP contribution in [0.5, 0.6) is 0 Å². The topological polar surface area (TPSA) is 65.5 Å². The number of hydrogen-bond donors (Lipinski definition) is 2. The van der Waals surface area contributed by atoms with Crippen molar-refractivity contribution in [3.63, 3.8) is 0 Å². The van der Waals surface area contributed by atoms with E-state index < -0.39 is 0 Å². The van der Waals surface area contributed by atoms with Crippen LogP contribution in [0.2, 0.25) is 0 Å². The highest BCUT2D eigenvalue weighted by molar-refractivity contribution is 6.07. The molecule has 1 unspecified atom stereocenters. The summed E-state index contributed by atoms with van der Waals surface area (Å²) in [6.07, 6.45) is 4.25. The van der Waals surface area contributed by atoms with Crippen LogP contribution in [0, 0.1) is 5.92 Å². The first-order chi connectivity index (χ1) is 11.7. The van der Waals surface area contributed by atoms with Crippen LogP contribution < -0.4 is 10.2 Å². The lowest BCUT2D eigenvalue weighted by Crippen LogP contribution is -2.37. The van der Waals surface area contributed by atoms with Gasteiger partial charge in [-0.3, -0.25) is 4.79 Å². The average molecular weight is 325 g/mol. The molecule has 1 saturated heterocycles. The van der Waals surface area contributed by atoms with Gasteiger partial charge in [0.25, 0.3) is 5.91 Å². The van der Waals surface area contributed by atoms with Gasteiger partial charge in [-0.25, -0.2) is 4.98 Å². The first kappa shape index (κ1) is 15.4. The lowest BCUT2D eigenvalue weighted by atomic mass is 9.98. The molecule has 1 atom stereocenters. The minimum atomic E-state index is -0.00642. The number of rotatable bonds is 4. The quantitative estimate of drug-likeness (QED) is 0.905. The number of anilines is 1. The fraction of sp³-hybridized carbons (Fsp3) is 0.474. The lowest BCUT2D eigenvalue weighted by Gasteiger charge is -2.33. The van der Waals surface area contributed by atoms with Crippen molar-refractivity contribution in [1.29, 1.82) is 0 Å². The van der Waals surface area contributed by atoms with Crippen molar-refractivity contribution in [3.05, 3.63) is 35.9 Å². The molecule has 1 aliphatic heterocycles. The second-order valence-electron chi connectivity index (χ2n) is 6.93. The molecule has 126 valence electrons. The lowest BCUT2D eigenvalue weighted by molar-refractivity contribution is 0.0952. The molecule has 2 N–H and O–H groups in total. The third kappa shape index (κ3) is 3.08. The van der Waals surface area contributed by atoms with E-state index >= 15 is 0 Å². The highest BCUT2D eigenvalue weighted by Crippen LogP contribution is 2.27. The largest absolute Gasteiger partial charge is 0.396 e. The summed E-state index contributed by atoms with van der Waals surface area (Å²) in [5.41, 5.74) is 1.55. The van der Waals surface area contributed by atoms with Gasteiger partial charge >= 0.3 is 0 Å². The molecule has 2 aliphatic rings. The second kappa shape index (κ2) is 6.40. The fourth-order valence-electron chi connectivity index (χ4n) is 3.42. The zero-order valence-corrected chi connectivity index (χ0v) is 13.7. The molecule has 2 heterocycles. The predicted molar refractivity (Wildman–Crippen MR) is 94.3 cm³/mol. The van der Waals surface area contributed by atoms with E-state index in [4.69, 9.17) is 4.98 Å². The monoisotopic (exact) mass is 325 g/mol. The SMILES string of the molecule is O=C(NC1CC1)c1cc(N2CCCC(CO)C2)nc2ccccc12. The zero-order valence-electron chi connectivity index (χ0n) is 13.7. The van der Waals surface area contributed by atoms with Crippen LogP contribution in [0.3, 0.4) is 0 Å². The molecule has 1 aromatic heterocycles. The van der Waals surface area contributed by atoms with Crippen LogP contribution in [-0.4, -0.2) is 41.7 Å². The fourth-order valence-corrected chi connectivity index (χ4v) is 3.42. The van der Waals surface area contributed by atoms with Crippen LogP contribution in [0.25, 0.3) is 10.9 Å². The van der Waals surface area contributed by atoms with Gasteiger partial charge in [-0.1, -0.05) is 18.2 Å². The molecule has 24 heavy (non-hydrogen) atoms. The van der Waals surface area contributed by atoms with Crippen molar-refractivity contribution in [2.45, 2.75) is 31.7 Å². The molecular weight excluding hydrogens is 302 g/mol. The molecule has 0 bridgehead atoms. The van der Waals surface area contributed by atoms with Gasteiger partial charge < -0.3 is 15.3 Å². The summed E-state index contributed by atoms with van der Waals surface area (Å²) in [4.78, 5) is 19.6. The Kier molecular flexibility index (Phi) is 4.10.